The van der Waals surface area contributed by atoms with Crippen molar-refractivity contribution in [3.8, 4) is 0 Å². The Morgan fingerprint density at radius 1 is 0.966 bits per heavy atom. The Kier molecular flexibility index (Phi) is 10.2. The van der Waals surface area contributed by atoms with E-state index < -0.39 is 5.97 Å². The van der Waals surface area contributed by atoms with Crippen molar-refractivity contribution in [3.05, 3.63) is 12.2 Å². The predicted octanol–water partition coefficient (Wildman–Crippen LogP) is 2.79. The highest BCUT2D eigenvalue weighted by atomic mass is 16.5. The van der Waals surface area contributed by atoms with Crippen LogP contribution in [0.25, 0.3) is 0 Å². The molecule has 2 rings (SSSR count). The molecule has 7 nitrogen and oxygen atoms in total. The molecule has 2 fully saturated rings. The number of carbonyl (C=O) groups is 3. The Bertz CT molecular complexity index is 578. The number of nitrogens with one attached hydrogen (secondary N) is 2. The molecule has 2 aliphatic rings. The molecule has 0 aliphatic carbocycles. The second-order valence-corrected chi connectivity index (χ2v) is 8.12. The lowest BCUT2D eigenvalue weighted by atomic mass is 9.77. The van der Waals surface area contributed by atoms with Crippen LogP contribution in [0, 0.1) is 11.8 Å². The van der Waals surface area contributed by atoms with Gasteiger partial charge in [0.15, 0.2) is 0 Å². The van der Waals surface area contributed by atoms with Crippen LogP contribution in [0.2, 0.25) is 0 Å². The van der Waals surface area contributed by atoms with Crippen molar-refractivity contribution >= 4 is 17.8 Å². The number of aliphatic carboxylic acids is 1. The van der Waals surface area contributed by atoms with Crippen molar-refractivity contribution in [2.24, 2.45) is 11.8 Å². The molecule has 2 bridgehead atoms. The van der Waals surface area contributed by atoms with E-state index in [9.17, 15) is 14.4 Å². The van der Waals surface area contributed by atoms with Gasteiger partial charge in [-0.15, -0.1) is 0 Å². The van der Waals surface area contributed by atoms with E-state index in [-0.39, 0.29) is 43.3 Å². The zero-order chi connectivity index (χ0) is 21.1. The summed E-state index contributed by atoms with van der Waals surface area (Å²) in [6.45, 7) is 3.33. The lowest BCUT2D eigenvalue weighted by molar-refractivity contribution is -0.137. The van der Waals surface area contributed by atoms with E-state index in [0.717, 1.165) is 38.5 Å². The third kappa shape index (κ3) is 8.17. The van der Waals surface area contributed by atoms with E-state index in [4.69, 9.17) is 9.84 Å². The van der Waals surface area contributed by atoms with Crippen molar-refractivity contribution in [1.82, 2.24) is 10.6 Å². The van der Waals surface area contributed by atoms with Crippen LogP contribution in [0.15, 0.2) is 12.2 Å². The fourth-order valence-corrected chi connectivity index (χ4v) is 4.26. The van der Waals surface area contributed by atoms with Gasteiger partial charge in [0.25, 0.3) is 0 Å². The van der Waals surface area contributed by atoms with Gasteiger partial charge in [0.1, 0.15) is 0 Å². The highest BCUT2D eigenvalue weighted by Crippen LogP contribution is 2.44. The monoisotopic (exact) mass is 408 g/mol. The molecular weight excluding hydrogens is 372 g/mol. The summed E-state index contributed by atoms with van der Waals surface area (Å²) in [7, 11) is 0. The first-order chi connectivity index (χ1) is 14.0. The van der Waals surface area contributed by atoms with Gasteiger partial charge in [0.2, 0.25) is 11.8 Å². The lowest BCUT2D eigenvalue weighted by Gasteiger charge is -2.27. The highest BCUT2D eigenvalue weighted by Gasteiger charge is 2.47. The Hall–Kier alpha value is -1.89. The largest absolute Gasteiger partial charge is 0.481 e. The maximum Gasteiger partial charge on any atom is 0.303 e. The SMILES string of the molecule is CCCCNC(=O)CCC(=O)NC[C@H]1[C@@H](CC=CCCCC(=O)O)[C@H]2CC[C@@H]1O2. The maximum absolute atomic E-state index is 12.1. The van der Waals surface area contributed by atoms with Crippen molar-refractivity contribution in [2.45, 2.75) is 83.3 Å². The number of carbonyl (C=O) groups excluding carboxylic acids is 2. The standard InChI is InChI=1S/C22H36N2O5/c1-2-3-14-23-20(25)12-13-21(26)24-15-17-16(18-10-11-19(17)29-18)8-6-4-5-7-9-22(27)28/h4,6,16-19H,2-3,5,7-15H2,1H3,(H,23,25)(H,24,26)(H,27,28)/t16-,17+,18-,19+/m1/s1. The Labute approximate surface area is 173 Å². The predicted molar refractivity (Wildman–Crippen MR) is 110 cm³/mol. The topological polar surface area (TPSA) is 105 Å². The average Bonchev–Trinajstić information content (AvgIpc) is 3.29. The molecule has 0 aromatic heterocycles. The molecule has 3 N–H and O–H groups in total. The minimum absolute atomic E-state index is 0.0669. The molecule has 2 saturated heterocycles. The van der Waals surface area contributed by atoms with E-state index in [0.29, 0.717) is 31.3 Å². The van der Waals surface area contributed by atoms with E-state index >= 15 is 0 Å². The van der Waals surface area contributed by atoms with E-state index in [1.54, 1.807) is 0 Å². The minimum Gasteiger partial charge on any atom is -0.481 e. The summed E-state index contributed by atoms with van der Waals surface area (Å²) in [6, 6.07) is 0. The average molecular weight is 409 g/mol. The number of allylic oxidation sites excluding steroid dienone is 2. The molecule has 0 aromatic rings. The highest BCUT2D eigenvalue weighted by molar-refractivity contribution is 5.83. The Balaban J connectivity index is 1.68. The molecule has 0 saturated carbocycles. The third-order valence-electron chi connectivity index (χ3n) is 5.89. The van der Waals surface area contributed by atoms with Gasteiger partial charge < -0.3 is 20.5 Å². The molecule has 0 unspecified atom stereocenters. The lowest BCUT2D eigenvalue weighted by Crippen LogP contribution is -2.38. The van der Waals surface area contributed by atoms with Gasteiger partial charge in [0, 0.05) is 38.3 Å². The number of hydrogen-bond acceptors (Lipinski definition) is 4. The van der Waals surface area contributed by atoms with Crippen molar-refractivity contribution in [3.63, 3.8) is 0 Å². The fourth-order valence-electron chi connectivity index (χ4n) is 4.26. The van der Waals surface area contributed by atoms with Crippen LogP contribution >= 0.6 is 0 Å². The number of carboxylic acids is 1. The molecule has 4 atom stereocenters. The number of amides is 2. The van der Waals surface area contributed by atoms with Crippen LogP contribution in [0.3, 0.4) is 0 Å². The first-order valence-corrected chi connectivity index (χ1v) is 11.1. The molecule has 2 heterocycles. The number of unbranched alkanes of at least 4 members (excludes halogenated alkanes) is 2. The van der Waals surface area contributed by atoms with Gasteiger partial charge in [-0.1, -0.05) is 25.5 Å². The quantitative estimate of drug-likeness (QED) is 0.303. The molecule has 164 valence electrons. The molecule has 0 spiro atoms. The fraction of sp³-hybridized carbons (Fsp3) is 0.773. The molecule has 0 aromatic carbocycles. The zero-order valence-corrected chi connectivity index (χ0v) is 17.5. The van der Waals surface area contributed by atoms with Crippen LogP contribution < -0.4 is 10.6 Å². The molecule has 2 aliphatic heterocycles. The van der Waals surface area contributed by atoms with Gasteiger partial charge >= 0.3 is 5.97 Å². The van der Waals surface area contributed by atoms with Crippen LogP contribution in [0.1, 0.15) is 71.1 Å². The third-order valence-corrected chi connectivity index (χ3v) is 5.89. The molecular formula is C22H36N2O5. The van der Waals surface area contributed by atoms with Crippen LogP contribution in [0.5, 0.6) is 0 Å². The van der Waals surface area contributed by atoms with Crippen LogP contribution in [-0.2, 0) is 19.1 Å². The van der Waals surface area contributed by atoms with Gasteiger partial charge in [0.05, 0.1) is 12.2 Å². The normalized spacial score (nSPS) is 25.4. The number of carboxylic acid groups (broad SMARTS) is 1. The Morgan fingerprint density at radius 2 is 1.66 bits per heavy atom. The summed E-state index contributed by atoms with van der Waals surface area (Å²) in [5.41, 5.74) is 0. The zero-order valence-electron chi connectivity index (χ0n) is 17.5. The van der Waals surface area contributed by atoms with Gasteiger partial charge in [-0.05, 0) is 44.4 Å². The molecule has 7 heteroatoms. The smallest absolute Gasteiger partial charge is 0.303 e. The summed E-state index contributed by atoms with van der Waals surface area (Å²) < 4.78 is 6.07. The minimum atomic E-state index is -0.755. The van der Waals surface area contributed by atoms with Gasteiger partial charge in [-0.25, -0.2) is 0 Å². The number of hydrogen-bond donors (Lipinski definition) is 3. The number of ether oxygens (including phenoxy) is 1. The van der Waals surface area contributed by atoms with Gasteiger partial charge in [-0.3, -0.25) is 14.4 Å². The van der Waals surface area contributed by atoms with Crippen molar-refractivity contribution in [2.75, 3.05) is 13.1 Å². The number of fused-ring (bicyclic) bond motifs is 2. The molecule has 29 heavy (non-hydrogen) atoms. The first-order valence-electron chi connectivity index (χ1n) is 11.1. The van der Waals surface area contributed by atoms with Gasteiger partial charge in [-0.2, -0.15) is 0 Å². The van der Waals surface area contributed by atoms with Crippen LogP contribution in [-0.4, -0.2) is 48.2 Å². The molecule has 2 amide bonds. The molecule has 0 radical (unpaired) electrons. The first kappa shape index (κ1) is 23.4. The maximum atomic E-state index is 12.1. The second-order valence-electron chi connectivity index (χ2n) is 8.12. The summed E-state index contributed by atoms with van der Waals surface area (Å²) in [6.07, 6.45) is 11.7. The summed E-state index contributed by atoms with van der Waals surface area (Å²) >= 11 is 0. The Morgan fingerprint density at radius 3 is 2.34 bits per heavy atom. The second kappa shape index (κ2) is 12.6. The van der Waals surface area contributed by atoms with E-state index in [1.165, 1.54) is 0 Å². The summed E-state index contributed by atoms with van der Waals surface area (Å²) in [5.74, 6) is -0.208. The van der Waals surface area contributed by atoms with E-state index in [1.807, 2.05) is 0 Å². The summed E-state index contributed by atoms with van der Waals surface area (Å²) in [5, 5.41) is 14.5. The van der Waals surface area contributed by atoms with Crippen LogP contribution in [0.4, 0.5) is 0 Å². The summed E-state index contributed by atoms with van der Waals surface area (Å²) in [4.78, 5) is 34.4. The number of rotatable bonds is 14. The van der Waals surface area contributed by atoms with Crippen molar-refractivity contribution < 1.29 is 24.2 Å². The van der Waals surface area contributed by atoms with E-state index in [2.05, 4.69) is 29.7 Å². The van der Waals surface area contributed by atoms with Crippen molar-refractivity contribution in [1.29, 1.82) is 0 Å².